The van der Waals surface area contributed by atoms with Gasteiger partial charge in [-0.3, -0.25) is 4.40 Å². The number of nitrogens with one attached hydrogen (secondary N) is 1. The lowest BCUT2D eigenvalue weighted by atomic mass is 10.3. The molecule has 0 aliphatic heterocycles. The fraction of sp³-hybridized carbons (Fsp3) is 0.167. The molecule has 1 N–H and O–H groups in total. The molecule has 0 atom stereocenters. The van der Waals surface area contributed by atoms with Crippen LogP contribution in [-0.2, 0) is 0 Å². The summed E-state index contributed by atoms with van der Waals surface area (Å²) in [5.74, 6) is 0.839. The maximum atomic E-state index is 4.57. The van der Waals surface area contributed by atoms with Crippen molar-refractivity contribution in [3.05, 3.63) is 36.7 Å². The fourth-order valence-corrected chi connectivity index (χ4v) is 1.89. The zero-order chi connectivity index (χ0) is 11.0. The maximum Gasteiger partial charge on any atom is 0.180 e. The molecular weight excluding hydrogens is 200 g/mol. The highest BCUT2D eigenvalue weighted by atomic mass is 15.1. The Hall–Kier alpha value is -2.10. The van der Waals surface area contributed by atoms with Crippen LogP contribution in [0.4, 0.5) is 5.82 Å². The summed E-state index contributed by atoms with van der Waals surface area (Å²) < 4.78 is 2.06. The topological polar surface area (TPSA) is 42.2 Å². The van der Waals surface area contributed by atoms with E-state index in [1.54, 1.807) is 6.20 Å². The molecule has 80 valence electrons. The molecule has 0 saturated heterocycles. The SMILES string of the molecule is CCNc1nc2ccccc2n2ccnc12. The van der Waals surface area contributed by atoms with Crippen molar-refractivity contribution in [1.82, 2.24) is 14.4 Å². The monoisotopic (exact) mass is 212 g/mol. The summed E-state index contributed by atoms with van der Waals surface area (Å²) in [7, 11) is 0. The molecule has 0 radical (unpaired) electrons. The fourth-order valence-electron chi connectivity index (χ4n) is 1.89. The van der Waals surface area contributed by atoms with Crippen molar-refractivity contribution in [2.24, 2.45) is 0 Å². The van der Waals surface area contributed by atoms with Gasteiger partial charge in [0, 0.05) is 18.9 Å². The predicted molar refractivity (Wildman–Crippen MR) is 64.7 cm³/mol. The van der Waals surface area contributed by atoms with E-state index in [1.807, 2.05) is 30.5 Å². The number of benzene rings is 1. The van der Waals surface area contributed by atoms with Crippen molar-refractivity contribution in [3.8, 4) is 0 Å². The minimum atomic E-state index is 0.839. The number of nitrogens with zero attached hydrogens (tertiary/aromatic N) is 3. The van der Waals surface area contributed by atoms with E-state index in [-0.39, 0.29) is 0 Å². The van der Waals surface area contributed by atoms with Crippen LogP contribution in [0, 0.1) is 0 Å². The van der Waals surface area contributed by atoms with Crippen molar-refractivity contribution < 1.29 is 0 Å². The summed E-state index contributed by atoms with van der Waals surface area (Å²) in [5, 5.41) is 3.23. The van der Waals surface area contributed by atoms with Crippen LogP contribution < -0.4 is 5.32 Å². The highest BCUT2D eigenvalue weighted by Crippen LogP contribution is 2.19. The van der Waals surface area contributed by atoms with Crippen molar-refractivity contribution in [1.29, 1.82) is 0 Å². The molecule has 4 heteroatoms. The molecule has 3 rings (SSSR count). The Balaban J connectivity index is 2.43. The van der Waals surface area contributed by atoms with Crippen molar-refractivity contribution in [3.63, 3.8) is 0 Å². The smallest absolute Gasteiger partial charge is 0.180 e. The van der Waals surface area contributed by atoms with Gasteiger partial charge in [-0.15, -0.1) is 0 Å². The van der Waals surface area contributed by atoms with Gasteiger partial charge in [-0.2, -0.15) is 0 Å². The Morgan fingerprint density at radius 2 is 2.19 bits per heavy atom. The van der Waals surface area contributed by atoms with Gasteiger partial charge in [0.2, 0.25) is 0 Å². The minimum Gasteiger partial charge on any atom is -0.367 e. The van der Waals surface area contributed by atoms with E-state index in [4.69, 9.17) is 0 Å². The highest BCUT2D eigenvalue weighted by Gasteiger charge is 2.07. The van der Waals surface area contributed by atoms with E-state index in [0.717, 1.165) is 29.0 Å². The van der Waals surface area contributed by atoms with Gasteiger partial charge in [0.05, 0.1) is 11.0 Å². The maximum absolute atomic E-state index is 4.57. The lowest BCUT2D eigenvalue weighted by Gasteiger charge is -2.07. The molecular formula is C12H12N4. The van der Waals surface area contributed by atoms with Crippen LogP contribution in [-0.4, -0.2) is 20.9 Å². The van der Waals surface area contributed by atoms with Crippen LogP contribution in [0.15, 0.2) is 36.7 Å². The molecule has 1 aromatic carbocycles. The summed E-state index contributed by atoms with van der Waals surface area (Å²) in [6, 6.07) is 8.06. The third-order valence-corrected chi connectivity index (χ3v) is 2.57. The summed E-state index contributed by atoms with van der Waals surface area (Å²) in [5.41, 5.74) is 2.93. The van der Waals surface area contributed by atoms with Gasteiger partial charge in [-0.05, 0) is 19.1 Å². The summed E-state index contributed by atoms with van der Waals surface area (Å²) >= 11 is 0. The first-order valence-corrected chi connectivity index (χ1v) is 5.36. The van der Waals surface area contributed by atoms with Gasteiger partial charge >= 0.3 is 0 Å². The first-order valence-electron chi connectivity index (χ1n) is 5.36. The van der Waals surface area contributed by atoms with Gasteiger partial charge in [0.25, 0.3) is 0 Å². The number of anilines is 1. The van der Waals surface area contributed by atoms with E-state index in [2.05, 4.69) is 26.6 Å². The average molecular weight is 212 g/mol. The number of hydrogen-bond donors (Lipinski definition) is 1. The molecule has 0 bridgehead atoms. The van der Waals surface area contributed by atoms with Crippen molar-refractivity contribution in [2.45, 2.75) is 6.92 Å². The van der Waals surface area contributed by atoms with E-state index in [9.17, 15) is 0 Å². The molecule has 2 aromatic heterocycles. The van der Waals surface area contributed by atoms with Crippen LogP contribution in [0.5, 0.6) is 0 Å². The Bertz CT molecular complexity index is 642. The second-order valence-electron chi connectivity index (χ2n) is 3.60. The standard InChI is InChI=1S/C12H12N4/c1-2-13-11-12-14-7-8-16(12)10-6-4-3-5-9(10)15-11/h3-8H,2H2,1H3,(H,13,15). The van der Waals surface area contributed by atoms with E-state index >= 15 is 0 Å². The Morgan fingerprint density at radius 1 is 1.31 bits per heavy atom. The largest absolute Gasteiger partial charge is 0.367 e. The van der Waals surface area contributed by atoms with Gasteiger partial charge < -0.3 is 5.32 Å². The van der Waals surface area contributed by atoms with E-state index in [1.165, 1.54) is 0 Å². The molecule has 0 aliphatic carbocycles. The number of fused-ring (bicyclic) bond motifs is 3. The first kappa shape index (κ1) is 9.15. The molecule has 4 nitrogen and oxygen atoms in total. The van der Waals surface area contributed by atoms with Crippen LogP contribution in [0.2, 0.25) is 0 Å². The third-order valence-electron chi connectivity index (χ3n) is 2.57. The number of aromatic nitrogens is 3. The molecule has 16 heavy (non-hydrogen) atoms. The summed E-state index contributed by atoms with van der Waals surface area (Å²) in [6.07, 6.45) is 3.75. The zero-order valence-corrected chi connectivity index (χ0v) is 9.01. The van der Waals surface area contributed by atoms with E-state index < -0.39 is 0 Å². The number of imidazole rings is 1. The van der Waals surface area contributed by atoms with Gasteiger partial charge in [0.1, 0.15) is 0 Å². The highest BCUT2D eigenvalue weighted by molar-refractivity contribution is 5.82. The normalized spacial score (nSPS) is 11.1. The Kier molecular flexibility index (Phi) is 1.99. The molecule has 0 amide bonds. The molecule has 0 fully saturated rings. The van der Waals surface area contributed by atoms with Crippen LogP contribution in [0.25, 0.3) is 16.7 Å². The van der Waals surface area contributed by atoms with Crippen LogP contribution in [0.3, 0.4) is 0 Å². The second kappa shape index (κ2) is 3.48. The lowest BCUT2D eigenvalue weighted by molar-refractivity contribution is 1.14. The lowest BCUT2D eigenvalue weighted by Crippen LogP contribution is -2.03. The Labute approximate surface area is 93.0 Å². The predicted octanol–water partition coefficient (Wildman–Crippen LogP) is 2.31. The molecule has 0 aliphatic rings. The summed E-state index contributed by atoms with van der Waals surface area (Å²) in [6.45, 7) is 2.89. The molecule has 2 heterocycles. The molecule has 3 aromatic rings. The van der Waals surface area contributed by atoms with Gasteiger partial charge in [-0.1, -0.05) is 12.1 Å². The Morgan fingerprint density at radius 3 is 3.06 bits per heavy atom. The van der Waals surface area contributed by atoms with Crippen LogP contribution in [0.1, 0.15) is 6.92 Å². The van der Waals surface area contributed by atoms with Crippen molar-refractivity contribution >= 4 is 22.5 Å². The van der Waals surface area contributed by atoms with Gasteiger partial charge in [-0.25, -0.2) is 9.97 Å². The van der Waals surface area contributed by atoms with Gasteiger partial charge in [0.15, 0.2) is 11.5 Å². The molecule has 0 unspecified atom stereocenters. The number of rotatable bonds is 2. The molecule has 0 spiro atoms. The zero-order valence-electron chi connectivity index (χ0n) is 9.01. The van der Waals surface area contributed by atoms with Crippen LogP contribution >= 0.6 is 0 Å². The second-order valence-corrected chi connectivity index (χ2v) is 3.60. The van der Waals surface area contributed by atoms with Crippen molar-refractivity contribution in [2.75, 3.05) is 11.9 Å². The summed E-state index contributed by atoms with van der Waals surface area (Å²) in [4.78, 5) is 8.90. The average Bonchev–Trinajstić information content (AvgIpc) is 2.79. The molecule has 0 saturated carbocycles. The van der Waals surface area contributed by atoms with E-state index in [0.29, 0.717) is 0 Å². The number of hydrogen-bond acceptors (Lipinski definition) is 3. The third kappa shape index (κ3) is 1.23. The number of para-hydroxylation sites is 2. The first-order chi connectivity index (χ1) is 7.90. The minimum absolute atomic E-state index is 0.839. The quantitative estimate of drug-likeness (QED) is 0.708.